The summed E-state index contributed by atoms with van der Waals surface area (Å²) in [5.74, 6) is -0.667. The molecule has 0 aliphatic carbocycles. The van der Waals surface area contributed by atoms with Gasteiger partial charge in [0.05, 0.1) is 16.6 Å². The van der Waals surface area contributed by atoms with Crippen LogP contribution in [0.2, 0.25) is 0 Å². The second kappa shape index (κ2) is 6.10. The van der Waals surface area contributed by atoms with E-state index in [9.17, 15) is 4.79 Å². The lowest BCUT2D eigenvalue weighted by atomic mass is 10.2. The molecule has 2 rings (SSSR count). The number of nitrogens with zero attached hydrogens (tertiary/aromatic N) is 3. The summed E-state index contributed by atoms with van der Waals surface area (Å²) < 4.78 is 0. The number of thiazole rings is 1. The van der Waals surface area contributed by atoms with Crippen LogP contribution in [0, 0.1) is 28.6 Å². The Balaban J connectivity index is 2.05. The van der Waals surface area contributed by atoms with E-state index in [1.165, 1.54) is 22.7 Å². The van der Waals surface area contributed by atoms with E-state index >= 15 is 0 Å². The van der Waals surface area contributed by atoms with Crippen molar-refractivity contribution in [2.75, 3.05) is 11.9 Å². The maximum atomic E-state index is 10.5. The number of thiophene rings is 1. The number of hydrogen-bond acceptors (Lipinski definition) is 7. The fraction of sp³-hybridized carbons (Fsp3) is 0.167. The van der Waals surface area contributed by atoms with E-state index in [1.807, 2.05) is 17.5 Å². The average molecular weight is 288 g/mol. The van der Waals surface area contributed by atoms with Crippen LogP contribution >= 0.6 is 22.7 Å². The zero-order valence-electron chi connectivity index (χ0n) is 9.66. The fourth-order valence-corrected chi connectivity index (χ4v) is 2.88. The van der Waals surface area contributed by atoms with Crippen LogP contribution in [-0.2, 0) is 4.79 Å². The Morgan fingerprint density at radius 1 is 1.47 bits per heavy atom. The van der Waals surface area contributed by atoms with E-state index in [4.69, 9.17) is 10.5 Å². The Morgan fingerprint density at radius 2 is 2.32 bits per heavy atom. The predicted octanol–water partition coefficient (Wildman–Crippen LogP) is 2.49. The van der Waals surface area contributed by atoms with Gasteiger partial charge in [-0.05, 0) is 12.1 Å². The number of hydrogen-bond donors (Lipinski definition) is 1. The van der Waals surface area contributed by atoms with Crippen LogP contribution < -0.4 is 5.32 Å². The lowest BCUT2D eigenvalue weighted by Crippen LogP contribution is -2.13. The molecule has 0 fully saturated rings. The highest BCUT2D eigenvalue weighted by atomic mass is 32.1. The fourth-order valence-electron chi connectivity index (χ4n) is 1.33. The van der Waals surface area contributed by atoms with Gasteiger partial charge in [0.1, 0.15) is 23.2 Å². The third-order valence-corrected chi connectivity index (χ3v) is 4.09. The summed E-state index contributed by atoms with van der Waals surface area (Å²) in [4.78, 5) is 16.4. The summed E-state index contributed by atoms with van der Waals surface area (Å²) in [7, 11) is 0. The van der Waals surface area contributed by atoms with Crippen LogP contribution in [0.25, 0.3) is 10.6 Å². The first-order valence-electron chi connectivity index (χ1n) is 5.31. The molecule has 0 radical (unpaired) electrons. The number of aromatic nitrogens is 1. The summed E-state index contributed by atoms with van der Waals surface area (Å²) in [5.41, 5.74) is 0.790. The minimum atomic E-state index is -0.667. The quantitative estimate of drug-likeness (QED) is 0.854. The molecule has 1 N–H and O–H groups in total. The molecule has 0 spiro atoms. The molecule has 0 aromatic carbocycles. The van der Waals surface area contributed by atoms with E-state index < -0.39 is 5.92 Å². The molecule has 1 unspecified atom stereocenters. The lowest BCUT2D eigenvalue weighted by molar-refractivity contribution is -0.109. The van der Waals surface area contributed by atoms with E-state index in [-0.39, 0.29) is 6.54 Å². The van der Waals surface area contributed by atoms with E-state index in [1.54, 1.807) is 6.07 Å². The molecule has 0 saturated heterocycles. The summed E-state index contributed by atoms with van der Waals surface area (Å²) in [6.07, 6.45) is 0.611. The number of rotatable bonds is 5. The summed E-state index contributed by atoms with van der Waals surface area (Å²) in [6, 6.07) is 7.57. The van der Waals surface area contributed by atoms with Gasteiger partial charge in [-0.3, -0.25) is 0 Å². The van der Waals surface area contributed by atoms with Gasteiger partial charge in [-0.15, -0.1) is 22.7 Å². The molecule has 2 heterocycles. The molecular weight excluding hydrogens is 280 g/mol. The van der Waals surface area contributed by atoms with Crippen molar-refractivity contribution in [2.45, 2.75) is 0 Å². The first kappa shape index (κ1) is 13.2. The minimum absolute atomic E-state index is 0.251. The van der Waals surface area contributed by atoms with Gasteiger partial charge in [0.2, 0.25) is 0 Å². The zero-order valence-corrected chi connectivity index (χ0v) is 11.3. The van der Waals surface area contributed by atoms with Crippen molar-refractivity contribution in [3.05, 3.63) is 22.4 Å². The first-order chi connectivity index (χ1) is 9.26. The number of anilines is 1. The number of nitrogens with one attached hydrogen (secondary N) is 1. The zero-order chi connectivity index (χ0) is 13.7. The van der Waals surface area contributed by atoms with Crippen molar-refractivity contribution in [3.63, 3.8) is 0 Å². The third kappa shape index (κ3) is 3.16. The molecule has 2 aromatic heterocycles. The third-order valence-electron chi connectivity index (χ3n) is 2.28. The smallest absolute Gasteiger partial charge is 0.183 e. The van der Waals surface area contributed by atoms with Gasteiger partial charge in [-0.25, -0.2) is 4.98 Å². The Labute approximate surface area is 117 Å². The Hall–Kier alpha value is -2.22. The van der Waals surface area contributed by atoms with Gasteiger partial charge in [0.15, 0.2) is 5.13 Å². The normalized spacial score (nSPS) is 11.3. The number of carbonyl (C=O) groups is 1. The molecule has 94 valence electrons. The van der Waals surface area contributed by atoms with Gasteiger partial charge in [0, 0.05) is 11.9 Å². The van der Waals surface area contributed by atoms with Gasteiger partial charge in [0.25, 0.3) is 0 Å². The molecule has 1 atom stereocenters. The van der Waals surface area contributed by atoms with Crippen molar-refractivity contribution >= 4 is 34.1 Å². The predicted molar refractivity (Wildman–Crippen MR) is 73.8 cm³/mol. The second-order valence-corrected chi connectivity index (χ2v) is 5.51. The first-order valence-corrected chi connectivity index (χ1v) is 7.01. The second-order valence-electron chi connectivity index (χ2n) is 3.57. The standard InChI is InChI=1S/C12H8N4OS2/c13-3-8(6-17)5-15-12-16-10(7-18-12)11-2-1-9(4-14)19-11/h1-2,6-8H,5H2,(H,15,16). The maximum Gasteiger partial charge on any atom is 0.183 e. The van der Waals surface area contributed by atoms with Gasteiger partial charge < -0.3 is 10.1 Å². The van der Waals surface area contributed by atoms with Crippen LogP contribution in [0.15, 0.2) is 17.5 Å². The molecule has 0 bridgehead atoms. The van der Waals surface area contributed by atoms with Crippen LogP contribution in [-0.4, -0.2) is 17.8 Å². The Kier molecular flexibility index (Phi) is 4.24. The highest BCUT2D eigenvalue weighted by Crippen LogP contribution is 2.30. The highest BCUT2D eigenvalue weighted by Gasteiger charge is 2.09. The SMILES string of the molecule is N#Cc1ccc(-c2csc(NCC(C#N)C=O)n2)s1. The largest absolute Gasteiger partial charge is 0.360 e. The Bertz CT molecular complexity index is 662. The Morgan fingerprint density at radius 3 is 2.95 bits per heavy atom. The summed E-state index contributed by atoms with van der Waals surface area (Å²) in [6.45, 7) is 0.251. The van der Waals surface area contributed by atoms with Crippen LogP contribution in [0.4, 0.5) is 5.13 Å². The monoisotopic (exact) mass is 288 g/mol. The average Bonchev–Trinajstić information content (AvgIpc) is 3.08. The van der Waals surface area contributed by atoms with Crippen molar-refractivity contribution in [1.82, 2.24) is 4.98 Å². The molecule has 19 heavy (non-hydrogen) atoms. The number of carbonyl (C=O) groups excluding carboxylic acids is 1. The minimum Gasteiger partial charge on any atom is -0.360 e. The number of aldehydes is 1. The van der Waals surface area contributed by atoms with E-state index in [0.717, 1.165) is 10.6 Å². The van der Waals surface area contributed by atoms with Crippen LogP contribution in [0.1, 0.15) is 4.88 Å². The van der Waals surface area contributed by atoms with Gasteiger partial charge >= 0.3 is 0 Å². The topological polar surface area (TPSA) is 89.6 Å². The molecule has 0 saturated carbocycles. The molecular formula is C12H8N4OS2. The molecule has 2 aromatic rings. The van der Waals surface area contributed by atoms with Crippen LogP contribution in [0.5, 0.6) is 0 Å². The molecule has 0 aliphatic heterocycles. The van der Waals surface area contributed by atoms with E-state index in [2.05, 4.69) is 16.4 Å². The summed E-state index contributed by atoms with van der Waals surface area (Å²) >= 11 is 2.78. The van der Waals surface area contributed by atoms with Gasteiger partial charge in [-0.2, -0.15) is 10.5 Å². The van der Waals surface area contributed by atoms with Crippen molar-refractivity contribution in [3.8, 4) is 22.7 Å². The lowest BCUT2D eigenvalue weighted by Gasteiger charge is -2.01. The highest BCUT2D eigenvalue weighted by molar-refractivity contribution is 7.17. The number of nitriles is 2. The van der Waals surface area contributed by atoms with Crippen molar-refractivity contribution in [2.24, 2.45) is 5.92 Å². The molecule has 0 aliphatic rings. The van der Waals surface area contributed by atoms with Crippen molar-refractivity contribution < 1.29 is 4.79 Å². The van der Waals surface area contributed by atoms with Gasteiger partial charge in [-0.1, -0.05) is 0 Å². The molecule has 5 nitrogen and oxygen atoms in total. The summed E-state index contributed by atoms with van der Waals surface area (Å²) in [5, 5.41) is 22.9. The maximum absolute atomic E-state index is 10.5. The van der Waals surface area contributed by atoms with Crippen LogP contribution in [0.3, 0.4) is 0 Å². The molecule has 7 heteroatoms. The van der Waals surface area contributed by atoms with E-state index in [0.29, 0.717) is 16.3 Å². The molecule has 0 amide bonds. The van der Waals surface area contributed by atoms with Crippen molar-refractivity contribution in [1.29, 1.82) is 10.5 Å².